The molecule has 1 N–H and O–H groups in total. The Morgan fingerprint density at radius 3 is 2.22 bits per heavy atom. The van der Waals surface area contributed by atoms with E-state index in [2.05, 4.69) is 57.4 Å². The van der Waals surface area contributed by atoms with E-state index < -0.39 is 0 Å². The number of rotatable bonds is 8. The van der Waals surface area contributed by atoms with Crippen LogP contribution in [0.15, 0.2) is 29.2 Å². The highest BCUT2D eigenvalue weighted by atomic mass is 32.2. The van der Waals surface area contributed by atoms with E-state index in [1.54, 1.807) is 0 Å². The predicted molar refractivity (Wildman–Crippen MR) is 83.4 cm³/mol. The molecule has 0 bridgehead atoms. The molecule has 1 aromatic rings. The van der Waals surface area contributed by atoms with Gasteiger partial charge in [-0.2, -0.15) is 0 Å². The highest BCUT2D eigenvalue weighted by Crippen LogP contribution is 2.22. The van der Waals surface area contributed by atoms with Crippen molar-refractivity contribution in [2.24, 2.45) is 5.92 Å². The number of hydrogen-bond acceptors (Lipinski definition) is 2. The Kier molecular flexibility index (Phi) is 7.45. The molecule has 18 heavy (non-hydrogen) atoms. The van der Waals surface area contributed by atoms with Crippen molar-refractivity contribution in [3.63, 3.8) is 0 Å². The molecule has 0 amide bonds. The van der Waals surface area contributed by atoms with E-state index in [-0.39, 0.29) is 0 Å². The van der Waals surface area contributed by atoms with Crippen LogP contribution in [0, 0.1) is 12.8 Å². The third-order valence-corrected chi connectivity index (χ3v) is 4.83. The van der Waals surface area contributed by atoms with Gasteiger partial charge in [-0.1, -0.05) is 44.4 Å². The molecule has 0 radical (unpaired) electrons. The molecular weight excluding hydrogens is 238 g/mol. The zero-order chi connectivity index (χ0) is 13.4. The standard InChI is InChI=1S/C16H27NS/c1-5-14(6-2)11-15(17-4)12-18-16-9-7-13(3)8-10-16/h7-10,14-15,17H,5-6,11-12H2,1-4H3. The lowest BCUT2D eigenvalue weighted by Gasteiger charge is -2.21. The lowest BCUT2D eigenvalue weighted by Crippen LogP contribution is -2.30. The molecule has 0 heterocycles. The second-order valence-corrected chi connectivity index (χ2v) is 6.12. The zero-order valence-corrected chi connectivity index (χ0v) is 13.0. The molecule has 1 unspecified atom stereocenters. The molecule has 1 rings (SSSR count). The molecule has 0 aliphatic heterocycles. The molecular formula is C16H27NS. The summed E-state index contributed by atoms with van der Waals surface area (Å²) in [5.41, 5.74) is 1.33. The molecule has 0 aliphatic rings. The fraction of sp³-hybridized carbons (Fsp3) is 0.625. The average Bonchev–Trinajstić information content (AvgIpc) is 2.41. The lowest BCUT2D eigenvalue weighted by atomic mass is 9.95. The van der Waals surface area contributed by atoms with Crippen LogP contribution in [0.2, 0.25) is 0 Å². The summed E-state index contributed by atoms with van der Waals surface area (Å²) in [6.07, 6.45) is 3.89. The van der Waals surface area contributed by atoms with Crippen molar-refractivity contribution in [1.82, 2.24) is 5.32 Å². The lowest BCUT2D eigenvalue weighted by molar-refractivity contribution is 0.397. The van der Waals surface area contributed by atoms with Crippen LogP contribution in [-0.2, 0) is 0 Å². The first-order chi connectivity index (χ1) is 8.69. The number of nitrogens with one attached hydrogen (secondary N) is 1. The second-order valence-electron chi connectivity index (χ2n) is 5.03. The Labute approximate surface area is 117 Å². The molecule has 2 heteroatoms. The Hall–Kier alpha value is -0.470. The first-order valence-electron chi connectivity index (χ1n) is 7.06. The number of hydrogen-bond donors (Lipinski definition) is 1. The maximum atomic E-state index is 3.46. The molecule has 102 valence electrons. The third-order valence-electron chi connectivity index (χ3n) is 3.65. The van der Waals surface area contributed by atoms with E-state index >= 15 is 0 Å². The van der Waals surface area contributed by atoms with Gasteiger partial charge in [0.1, 0.15) is 0 Å². The normalized spacial score (nSPS) is 12.9. The minimum atomic E-state index is 0.626. The van der Waals surface area contributed by atoms with Crippen molar-refractivity contribution in [2.75, 3.05) is 12.8 Å². The quantitative estimate of drug-likeness (QED) is 0.694. The average molecular weight is 265 g/mol. The van der Waals surface area contributed by atoms with Gasteiger partial charge in [0.15, 0.2) is 0 Å². The zero-order valence-electron chi connectivity index (χ0n) is 12.2. The van der Waals surface area contributed by atoms with E-state index in [0.717, 1.165) is 11.7 Å². The van der Waals surface area contributed by atoms with Gasteiger partial charge in [-0.05, 0) is 38.4 Å². The van der Waals surface area contributed by atoms with E-state index in [4.69, 9.17) is 0 Å². The second kappa shape index (κ2) is 8.60. The minimum Gasteiger partial charge on any atom is -0.316 e. The molecule has 0 spiro atoms. The van der Waals surface area contributed by atoms with Crippen LogP contribution in [-0.4, -0.2) is 18.8 Å². The van der Waals surface area contributed by atoms with Crippen molar-refractivity contribution in [1.29, 1.82) is 0 Å². The van der Waals surface area contributed by atoms with Gasteiger partial charge < -0.3 is 5.32 Å². The first kappa shape index (κ1) is 15.6. The van der Waals surface area contributed by atoms with Gasteiger partial charge in [-0.25, -0.2) is 0 Å². The van der Waals surface area contributed by atoms with Crippen LogP contribution in [0.3, 0.4) is 0 Å². The largest absolute Gasteiger partial charge is 0.316 e. The fourth-order valence-electron chi connectivity index (χ4n) is 2.12. The Morgan fingerprint density at radius 1 is 1.11 bits per heavy atom. The summed E-state index contributed by atoms with van der Waals surface area (Å²) in [4.78, 5) is 1.38. The molecule has 0 aromatic heterocycles. The van der Waals surface area contributed by atoms with E-state index in [1.165, 1.54) is 29.7 Å². The van der Waals surface area contributed by atoms with E-state index in [9.17, 15) is 0 Å². The van der Waals surface area contributed by atoms with Gasteiger partial charge in [0.25, 0.3) is 0 Å². The summed E-state index contributed by atoms with van der Waals surface area (Å²) in [5, 5.41) is 3.46. The number of benzene rings is 1. The summed E-state index contributed by atoms with van der Waals surface area (Å²) in [6, 6.07) is 9.46. The summed E-state index contributed by atoms with van der Waals surface area (Å²) < 4.78 is 0. The monoisotopic (exact) mass is 265 g/mol. The topological polar surface area (TPSA) is 12.0 Å². The highest BCUT2D eigenvalue weighted by Gasteiger charge is 2.12. The van der Waals surface area contributed by atoms with Gasteiger partial charge in [0, 0.05) is 16.7 Å². The fourth-order valence-corrected chi connectivity index (χ4v) is 3.15. The van der Waals surface area contributed by atoms with E-state index in [1.807, 2.05) is 11.8 Å². The van der Waals surface area contributed by atoms with Gasteiger partial charge >= 0.3 is 0 Å². The Bertz CT molecular complexity index is 316. The van der Waals surface area contributed by atoms with Crippen molar-refractivity contribution in [2.45, 2.75) is 51.0 Å². The summed E-state index contributed by atoms with van der Waals surface area (Å²) in [6.45, 7) is 6.74. The molecule has 0 saturated carbocycles. The van der Waals surface area contributed by atoms with Crippen LogP contribution in [0.25, 0.3) is 0 Å². The molecule has 0 aliphatic carbocycles. The van der Waals surface area contributed by atoms with Crippen molar-refractivity contribution in [3.05, 3.63) is 29.8 Å². The van der Waals surface area contributed by atoms with Gasteiger partial charge in [-0.15, -0.1) is 11.8 Å². The Balaban J connectivity index is 2.41. The minimum absolute atomic E-state index is 0.626. The van der Waals surface area contributed by atoms with Crippen molar-refractivity contribution in [3.8, 4) is 0 Å². The van der Waals surface area contributed by atoms with Crippen LogP contribution in [0.4, 0.5) is 0 Å². The summed E-state index contributed by atoms with van der Waals surface area (Å²) >= 11 is 1.96. The Morgan fingerprint density at radius 2 is 1.72 bits per heavy atom. The van der Waals surface area contributed by atoms with Gasteiger partial charge in [0.2, 0.25) is 0 Å². The highest BCUT2D eigenvalue weighted by molar-refractivity contribution is 7.99. The summed E-state index contributed by atoms with van der Waals surface area (Å²) in [7, 11) is 2.09. The predicted octanol–water partition coefficient (Wildman–Crippen LogP) is 4.50. The van der Waals surface area contributed by atoms with Crippen molar-refractivity contribution < 1.29 is 0 Å². The molecule has 1 atom stereocenters. The maximum absolute atomic E-state index is 3.46. The van der Waals surface area contributed by atoms with Crippen LogP contribution >= 0.6 is 11.8 Å². The smallest absolute Gasteiger partial charge is 0.0161 e. The van der Waals surface area contributed by atoms with Crippen LogP contribution < -0.4 is 5.32 Å². The SMILES string of the molecule is CCC(CC)CC(CSc1ccc(C)cc1)NC. The van der Waals surface area contributed by atoms with Gasteiger partial charge in [0.05, 0.1) is 0 Å². The van der Waals surface area contributed by atoms with Crippen LogP contribution in [0.5, 0.6) is 0 Å². The maximum Gasteiger partial charge on any atom is 0.0161 e. The molecule has 0 fully saturated rings. The van der Waals surface area contributed by atoms with Gasteiger partial charge in [-0.3, -0.25) is 0 Å². The molecule has 0 saturated heterocycles. The van der Waals surface area contributed by atoms with Crippen molar-refractivity contribution >= 4 is 11.8 Å². The molecule has 1 nitrogen and oxygen atoms in total. The number of aryl methyl sites for hydroxylation is 1. The third kappa shape index (κ3) is 5.45. The van der Waals surface area contributed by atoms with Crippen LogP contribution in [0.1, 0.15) is 38.7 Å². The number of thioether (sulfide) groups is 1. The molecule has 1 aromatic carbocycles. The first-order valence-corrected chi connectivity index (χ1v) is 8.04. The van der Waals surface area contributed by atoms with E-state index in [0.29, 0.717) is 6.04 Å². The summed E-state index contributed by atoms with van der Waals surface area (Å²) in [5.74, 6) is 2.02.